The number of carbonyl (C=O) groups is 1. The van der Waals surface area contributed by atoms with Gasteiger partial charge in [-0.15, -0.1) is 0 Å². The summed E-state index contributed by atoms with van der Waals surface area (Å²) in [7, 11) is 0. The van der Waals surface area contributed by atoms with Crippen molar-refractivity contribution in [3.8, 4) is 5.75 Å². The molecular weight excluding hydrogens is 528 g/mol. The fourth-order valence-electron chi connectivity index (χ4n) is 3.73. The summed E-state index contributed by atoms with van der Waals surface area (Å²) < 4.78 is 7.67. The molecule has 0 unspecified atom stereocenters. The summed E-state index contributed by atoms with van der Waals surface area (Å²) >= 11 is 10.3. The number of benzene rings is 3. The fraction of sp³-hybridized carbons (Fsp3) is 0.185. The first-order valence-electron chi connectivity index (χ1n) is 11.1. The Morgan fingerprint density at radius 1 is 1.03 bits per heavy atom. The number of hydrogen-bond acceptors (Lipinski definition) is 5. The fourth-order valence-corrected chi connectivity index (χ4v) is 5.41. The van der Waals surface area contributed by atoms with Crippen molar-refractivity contribution in [3.63, 3.8) is 0 Å². The first kappa shape index (κ1) is 24.5. The minimum atomic E-state index is -0.130. The van der Waals surface area contributed by atoms with Crippen molar-refractivity contribution in [3.05, 3.63) is 93.3 Å². The summed E-state index contributed by atoms with van der Waals surface area (Å²) in [4.78, 5) is 17.7. The minimum absolute atomic E-state index is 0.130. The van der Waals surface area contributed by atoms with Gasteiger partial charge >= 0.3 is 0 Å². The van der Waals surface area contributed by atoms with Crippen LogP contribution in [0, 0.1) is 0 Å². The maximum Gasteiger partial charge on any atom is 0.270 e. The molecule has 1 amide bonds. The molecule has 0 spiro atoms. The van der Waals surface area contributed by atoms with Crippen LogP contribution in [0.5, 0.6) is 5.75 Å². The molecule has 1 heterocycles. The molecule has 3 aromatic carbocycles. The van der Waals surface area contributed by atoms with Crippen LogP contribution in [0.25, 0.3) is 6.08 Å². The van der Waals surface area contributed by atoms with Gasteiger partial charge in [-0.25, -0.2) is 0 Å². The van der Waals surface area contributed by atoms with E-state index in [0.29, 0.717) is 15.8 Å². The number of carbonyl (C=O) groups excluding carboxylic acids is 1. The van der Waals surface area contributed by atoms with E-state index < -0.39 is 0 Å². The Morgan fingerprint density at radius 2 is 1.79 bits per heavy atom. The van der Waals surface area contributed by atoms with Gasteiger partial charge < -0.3 is 9.64 Å². The summed E-state index contributed by atoms with van der Waals surface area (Å²) in [6.07, 6.45) is 1.88. The highest BCUT2D eigenvalue weighted by atomic mass is 79.9. The molecule has 7 heteroatoms. The molecule has 3 aromatic rings. The number of thiocarbonyl (C=S) groups is 1. The Bertz CT molecular complexity index is 1230. The molecule has 174 valence electrons. The summed E-state index contributed by atoms with van der Waals surface area (Å²) in [6.45, 7) is 6.52. The summed E-state index contributed by atoms with van der Waals surface area (Å²) in [5.74, 6) is 0.607. The number of amides is 1. The number of thioether (sulfide) groups is 1. The van der Waals surface area contributed by atoms with Gasteiger partial charge in [-0.1, -0.05) is 76.3 Å². The maximum absolute atomic E-state index is 13.3. The van der Waals surface area contributed by atoms with Crippen molar-refractivity contribution in [2.45, 2.75) is 20.5 Å². The van der Waals surface area contributed by atoms with E-state index >= 15 is 0 Å². The molecule has 0 aliphatic carbocycles. The minimum Gasteiger partial charge on any atom is -0.488 e. The number of hydrogen-bond donors (Lipinski definition) is 0. The Kier molecular flexibility index (Phi) is 8.08. The molecule has 0 saturated carbocycles. The van der Waals surface area contributed by atoms with Crippen molar-refractivity contribution in [1.29, 1.82) is 0 Å². The van der Waals surface area contributed by atoms with E-state index in [1.54, 1.807) is 4.90 Å². The first-order chi connectivity index (χ1) is 16.5. The molecule has 4 nitrogen and oxygen atoms in total. The van der Waals surface area contributed by atoms with Gasteiger partial charge in [0.05, 0.1) is 10.6 Å². The van der Waals surface area contributed by atoms with Crippen LogP contribution in [0.15, 0.2) is 82.2 Å². The van der Waals surface area contributed by atoms with Gasteiger partial charge in [0.1, 0.15) is 12.4 Å². The van der Waals surface area contributed by atoms with Gasteiger partial charge in [0.2, 0.25) is 0 Å². The molecule has 0 N–H and O–H groups in total. The van der Waals surface area contributed by atoms with Crippen LogP contribution in [0.3, 0.4) is 0 Å². The smallest absolute Gasteiger partial charge is 0.270 e. The van der Waals surface area contributed by atoms with Crippen molar-refractivity contribution < 1.29 is 9.53 Å². The largest absolute Gasteiger partial charge is 0.488 e. The van der Waals surface area contributed by atoms with Crippen molar-refractivity contribution in [2.75, 3.05) is 22.9 Å². The number of ether oxygens (including phenoxy) is 1. The predicted molar refractivity (Wildman–Crippen MR) is 151 cm³/mol. The normalized spacial score (nSPS) is 14.7. The molecule has 0 aromatic heterocycles. The van der Waals surface area contributed by atoms with Gasteiger partial charge in [-0.05, 0) is 55.8 Å². The predicted octanol–water partition coefficient (Wildman–Crippen LogP) is 7.28. The molecular formula is C27H25BrN2O2S2. The summed E-state index contributed by atoms with van der Waals surface area (Å²) in [6, 6.07) is 23.8. The molecule has 1 aliphatic heterocycles. The van der Waals surface area contributed by atoms with Gasteiger partial charge in [0.25, 0.3) is 5.91 Å². The van der Waals surface area contributed by atoms with Crippen LogP contribution >= 0.6 is 39.9 Å². The molecule has 1 aliphatic rings. The molecule has 0 radical (unpaired) electrons. The average Bonchev–Trinajstić information content (AvgIpc) is 3.12. The highest BCUT2D eigenvalue weighted by Crippen LogP contribution is 2.38. The lowest BCUT2D eigenvalue weighted by Crippen LogP contribution is -2.27. The molecule has 0 bridgehead atoms. The van der Waals surface area contributed by atoms with E-state index in [-0.39, 0.29) is 5.91 Å². The standard InChI is InChI=1S/C27H25BrN2O2S2/c1-3-29(4-2)22-14-13-20(24(17-22)32-18-19-9-6-5-7-10-19)15-25-26(31)30(27(33)34-25)23-12-8-11-21(28)16-23/h5-17H,3-4,18H2,1-2H3/b25-15+. The lowest BCUT2D eigenvalue weighted by atomic mass is 10.1. The highest BCUT2D eigenvalue weighted by molar-refractivity contribution is 9.10. The van der Waals surface area contributed by atoms with E-state index in [1.807, 2.05) is 66.7 Å². The van der Waals surface area contributed by atoms with Crippen LogP contribution in [0.4, 0.5) is 11.4 Å². The highest BCUT2D eigenvalue weighted by Gasteiger charge is 2.33. The van der Waals surface area contributed by atoms with E-state index in [4.69, 9.17) is 17.0 Å². The zero-order chi connectivity index (χ0) is 24.1. The molecule has 4 rings (SSSR count). The van der Waals surface area contributed by atoms with Gasteiger partial charge in [-0.2, -0.15) is 0 Å². The zero-order valence-corrected chi connectivity index (χ0v) is 22.3. The zero-order valence-electron chi connectivity index (χ0n) is 19.0. The SMILES string of the molecule is CCN(CC)c1ccc(/C=C2/SC(=S)N(c3cccc(Br)c3)C2=O)c(OCc2ccccc2)c1. The second kappa shape index (κ2) is 11.2. The van der Waals surface area contributed by atoms with E-state index in [2.05, 4.69) is 46.8 Å². The topological polar surface area (TPSA) is 32.8 Å². The van der Waals surface area contributed by atoms with Crippen molar-refractivity contribution >= 4 is 67.6 Å². The van der Waals surface area contributed by atoms with Crippen LogP contribution in [-0.2, 0) is 11.4 Å². The Hall–Kier alpha value is -2.61. The average molecular weight is 554 g/mol. The van der Waals surface area contributed by atoms with Crippen molar-refractivity contribution in [1.82, 2.24) is 0 Å². The Balaban J connectivity index is 1.66. The van der Waals surface area contributed by atoms with Gasteiger partial charge in [0.15, 0.2) is 4.32 Å². The second-order valence-corrected chi connectivity index (χ2v) is 10.3. The monoisotopic (exact) mass is 552 g/mol. The molecule has 1 fully saturated rings. The van der Waals surface area contributed by atoms with Crippen LogP contribution in [0.2, 0.25) is 0 Å². The van der Waals surface area contributed by atoms with Crippen LogP contribution < -0.4 is 14.5 Å². The van der Waals surface area contributed by atoms with E-state index in [9.17, 15) is 4.79 Å². The lowest BCUT2D eigenvalue weighted by Gasteiger charge is -2.22. The quantitative estimate of drug-likeness (QED) is 0.216. The molecule has 34 heavy (non-hydrogen) atoms. The first-order valence-corrected chi connectivity index (χ1v) is 13.1. The van der Waals surface area contributed by atoms with E-state index in [0.717, 1.165) is 45.8 Å². The third-order valence-electron chi connectivity index (χ3n) is 5.51. The van der Waals surface area contributed by atoms with E-state index in [1.165, 1.54) is 11.8 Å². The molecule has 1 saturated heterocycles. The Labute approximate surface area is 218 Å². The molecule has 0 atom stereocenters. The van der Waals surface area contributed by atoms with Crippen molar-refractivity contribution in [2.24, 2.45) is 0 Å². The number of anilines is 2. The van der Waals surface area contributed by atoms with Crippen LogP contribution in [0.1, 0.15) is 25.0 Å². The second-order valence-electron chi connectivity index (χ2n) is 7.67. The van der Waals surface area contributed by atoms with Gasteiger partial charge in [-0.3, -0.25) is 9.69 Å². The number of nitrogens with zero attached hydrogens (tertiary/aromatic N) is 2. The summed E-state index contributed by atoms with van der Waals surface area (Å²) in [5, 5.41) is 0. The van der Waals surface area contributed by atoms with Gasteiger partial charge in [0, 0.05) is 34.9 Å². The third kappa shape index (κ3) is 5.54. The maximum atomic E-state index is 13.3. The Morgan fingerprint density at radius 3 is 2.50 bits per heavy atom. The number of halogens is 1. The number of rotatable bonds is 8. The van der Waals surface area contributed by atoms with Crippen LogP contribution in [-0.4, -0.2) is 23.3 Å². The lowest BCUT2D eigenvalue weighted by molar-refractivity contribution is -0.113. The third-order valence-corrected chi connectivity index (χ3v) is 7.31. The summed E-state index contributed by atoms with van der Waals surface area (Å²) in [5.41, 5.74) is 3.77.